The Morgan fingerprint density at radius 1 is 1.55 bits per heavy atom. The maximum atomic E-state index is 10.5. The topological polar surface area (TPSA) is 17.1 Å². The Labute approximate surface area is 67.5 Å². The summed E-state index contributed by atoms with van der Waals surface area (Å²) in [5.41, 5.74) is 1.64. The Hall–Kier alpha value is -0.590. The minimum Gasteiger partial charge on any atom is -0.303 e. The third-order valence-corrected chi connectivity index (χ3v) is 3.35. The van der Waals surface area contributed by atoms with E-state index in [4.69, 9.17) is 0 Å². The molecule has 0 N–H and O–H groups in total. The van der Waals surface area contributed by atoms with E-state index in [0.717, 1.165) is 19.1 Å². The van der Waals surface area contributed by atoms with Crippen LogP contribution in [0.25, 0.3) is 0 Å². The van der Waals surface area contributed by atoms with Crippen LogP contribution in [0.15, 0.2) is 12.2 Å². The number of carbonyl (C=O) groups excluding carboxylic acids is 1. The zero-order valence-electron chi connectivity index (χ0n) is 6.81. The van der Waals surface area contributed by atoms with Gasteiger partial charge in [0, 0.05) is 11.3 Å². The van der Waals surface area contributed by atoms with Crippen LogP contribution in [0.2, 0.25) is 0 Å². The first-order chi connectivity index (χ1) is 5.29. The first-order valence-corrected chi connectivity index (χ1v) is 4.43. The second kappa shape index (κ2) is 2.20. The Morgan fingerprint density at radius 3 is 2.91 bits per heavy atom. The van der Waals surface area contributed by atoms with Crippen LogP contribution < -0.4 is 0 Å². The minimum atomic E-state index is 0.292. The van der Waals surface area contributed by atoms with E-state index in [0.29, 0.717) is 11.3 Å². The van der Waals surface area contributed by atoms with E-state index in [2.05, 4.69) is 6.58 Å². The van der Waals surface area contributed by atoms with E-state index in [1.807, 2.05) is 0 Å². The first kappa shape index (κ1) is 7.08. The average molecular weight is 150 g/mol. The van der Waals surface area contributed by atoms with Gasteiger partial charge in [0.05, 0.1) is 0 Å². The summed E-state index contributed by atoms with van der Waals surface area (Å²) in [4.78, 5) is 10.5. The fourth-order valence-corrected chi connectivity index (χ4v) is 2.41. The van der Waals surface area contributed by atoms with Crippen LogP contribution in [0, 0.1) is 11.3 Å². The molecule has 1 nitrogen and oxygen atoms in total. The van der Waals surface area contributed by atoms with Crippen molar-refractivity contribution >= 4 is 6.29 Å². The molecule has 0 aromatic carbocycles. The second-order valence-electron chi connectivity index (χ2n) is 3.91. The van der Waals surface area contributed by atoms with Crippen LogP contribution in [0.3, 0.4) is 0 Å². The van der Waals surface area contributed by atoms with E-state index in [1.165, 1.54) is 24.8 Å². The smallest absolute Gasteiger partial charge is 0.123 e. The van der Waals surface area contributed by atoms with E-state index in [1.54, 1.807) is 0 Å². The first-order valence-electron chi connectivity index (χ1n) is 4.43. The van der Waals surface area contributed by atoms with Crippen LogP contribution in [0.1, 0.15) is 32.1 Å². The van der Waals surface area contributed by atoms with Gasteiger partial charge >= 0.3 is 0 Å². The quantitative estimate of drug-likeness (QED) is 0.414. The van der Waals surface area contributed by atoms with Gasteiger partial charge in [0.15, 0.2) is 0 Å². The van der Waals surface area contributed by atoms with Crippen molar-refractivity contribution in [2.75, 3.05) is 0 Å². The van der Waals surface area contributed by atoms with Crippen LogP contribution in [-0.2, 0) is 4.79 Å². The lowest BCUT2D eigenvalue weighted by Gasteiger charge is -2.24. The summed E-state index contributed by atoms with van der Waals surface area (Å²) < 4.78 is 0. The third-order valence-electron chi connectivity index (χ3n) is 3.35. The van der Waals surface area contributed by atoms with Gasteiger partial charge in [-0.1, -0.05) is 18.6 Å². The van der Waals surface area contributed by atoms with Gasteiger partial charge in [0.25, 0.3) is 0 Å². The minimum absolute atomic E-state index is 0.292. The molecule has 0 bridgehead atoms. The number of carbonyl (C=O) groups is 1. The van der Waals surface area contributed by atoms with Gasteiger partial charge < -0.3 is 4.79 Å². The van der Waals surface area contributed by atoms with Gasteiger partial charge in [-0.15, -0.1) is 0 Å². The van der Waals surface area contributed by atoms with Gasteiger partial charge in [-0.3, -0.25) is 0 Å². The van der Waals surface area contributed by atoms with Gasteiger partial charge in [-0.2, -0.15) is 0 Å². The molecule has 0 amide bonds. The standard InChI is InChI=1S/C10H14O/c1-8-4-2-3-5-10(8)6-9(10)7-11/h7,9H,1-6H2. The van der Waals surface area contributed by atoms with Crippen molar-refractivity contribution in [1.29, 1.82) is 0 Å². The van der Waals surface area contributed by atoms with E-state index in [9.17, 15) is 4.79 Å². The molecule has 0 aromatic rings. The van der Waals surface area contributed by atoms with E-state index in [-0.39, 0.29) is 0 Å². The number of hydrogen-bond acceptors (Lipinski definition) is 1. The van der Waals surface area contributed by atoms with Crippen molar-refractivity contribution in [3.8, 4) is 0 Å². The van der Waals surface area contributed by atoms with Crippen molar-refractivity contribution in [2.24, 2.45) is 11.3 Å². The fourth-order valence-electron chi connectivity index (χ4n) is 2.41. The van der Waals surface area contributed by atoms with Crippen LogP contribution >= 0.6 is 0 Å². The highest BCUT2D eigenvalue weighted by Crippen LogP contribution is 2.62. The van der Waals surface area contributed by atoms with Gasteiger partial charge in [-0.05, 0) is 25.7 Å². The van der Waals surface area contributed by atoms with E-state index >= 15 is 0 Å². The summed E-state index contributed by atoms with van der Waals surface area (Å²) in [5.74, 6) is 0.329. The molecule has 2 rings (SSSR count). The normalized spacial score (nSPS) is 42.5. The predicted molar refractivity (Wildman–Crippen MR) is 44.2 cm³/mol. The number of hydrogen-bond donors (Lipinski definition) is 0. The Morgan fingerprint density at radius 2 is 2.36 bits per heavy atom. The highest BCUT2D eigenvalue weighted by Gasteiger charge is 2.55. The highest BCUT2D eigenvalue weighted by molar-refractivity contribution is 5.62. The molecule has 0 saturated heterocycles. The zero-order valence-corrected chi connectivity index (χ0v) is 6.81. The maximum Gasteiger partial charge on any atom is 0.123 e. The lowest BCUT2D eigenvalue weighted by atomic mass is 9.81. The van der Waals surface area contributed by atoms with Gasteiger partial charge in [-0.25, -0.2) is 0 Å². The Bertz CT molecular complexity index is 207. The molecular formula is C10H14O. The van der Waals surface area contributed by atoms with Crippen molar-refractivity contribution in [3.63, 3.8) is 0 Å². The molecule has 0 heterocycles. The Balaban J connectivity index is 2.13. The molecule has 1 spiro atoms. The third kappa shape index (κ3) is 0.867. The van der Waals surface area contributed by atoms with Crippen molar-refractivity contribution in [3.05, 3.63) is 12.2 Å². The molecule has 1 heteroatoms. The van der Waals surface area contributed by atoms with Crippen molar-refractivity contribution < 1.29 is 4.79 Å². The fraction of sp³-hybridized carbons (Fsp3) is 0.700. The molecule has 11 heavy (non-hydrogen) atoms. The zero-order chi connectivity index (χ0) is 7.90. The SMILES string of the molecule is C=C1CCCCC12CC2C=O. The van der Waals surface area contributed by atoms with Crippen molar-refractivity contribution in [2.45, 2.75) is 32.1 Å². The van der Waals surface area contributed by atoms with Crippen LogP contribution in [-0.4, -0.2) is 6.29 Å². The number of allylic oxidation sites excluding steroid dienone is 1. The lowest BCUT2D eigenvalue weighted by Crippen LogP contribution is -2.12. The molecule has 2 unspecified atom stereocenters. The molecule has 2 saturated carbocycles. The molecule has 2 atom stereocenters. The molecule has 60 valence electrons. The van der Waals surface area contributed by atoms with Gasteiger partial charge in [0.1, 0.15) is 6.29 Å². The van der Waals surface area contributed by atoms with E-state index < -0.39 is 0 Å². The highest BCUT2D eigenvalue weighted by atomic mass is 16.1. The summed E-state index contributed by atoms with van der Waals surface area (Å²) in [5, 5.41) is 0. The lowest BCUT2D eigenvalue weighted by molar-refractivity contribution is -0.109. The molecule has 2 aliphatic rings. The summed E-state index contributed by atoms with van der Waals surface area (Å²) in [7, 11) is 0. The molecule has 0 aliphatic heterocycles. The summed E-state index contributed by atoms with van der Waals surface area (Å²) >= 11 is 0. The largest absolute Gasteiger partial charge is 0.303 e. The molecule has 0 aromatic heterocycles. The average Bonchev–Trinajstić information content (AvgIpc) is 2.72. The molecule has 0 radical (unpaired) electrons. The molecular weight excluding hydrogens is 136 g/mol. The Kier molecular flexibility index (Phi) is 1.41. The predicted octanol–water partition coefficient (Wildman–Crippen LogP) is 2.32. The summed E-state index contributed by atoms with van der Waals surface area (Å²) in [6.45, 7) is 4.07. The second-order valence-corrected chi connectivity index (χ2v) is 3.91. The van der Waals surface area contributed by atoms with Gasteiger partial charge in [0.2, 0.25) is 0 Å². The van der Waals surface area contributed by atoms with Crippen LogP contribution in [0.4, 0.5) is 0 Å². The maximum absolute atomic E-state index is 10.5. The molecule has 2 aliphatic carbocycles. The number of rotatable bonds is 1. The molecule has 2 fully saturated rings. The summed E-state index contributed by atoms with van der Waals surface area (Å²) in [6, 6.07) is 0. The van der Waals surface area contributed by atoms with Crippen molar-refractivity contribution in [1.82, 2.24) is 0 Å². The monoisotopic (exact) mass is 150 g/mol. The van der Waals surface area contributed by atoms with Crippen LogP contribution in [0.5, 0.6) is 0 Å². The summed E-state index contributed by atoms with van der Waals surface area (Å²) in [6.07, 6.45) is 7.17. The number of aldehydes is 1.